The molecule has 0 amide bonds. The van der Waals surface area contributed by atoms with Crippen LogP contribution in [0.15, 0.2) is 36.5 Å². The molecule has 1 heterocycles. The molecule has 1 aliphatic carbocycles. The van der Waals surface area contributed by atoms with Crippen molar-refractivity contribution in [1.82, 2.24) is 4.98 Å². The molecule has 0 unspecified atom stereocenters. The monoisotopic (exact) mass is 403 g/mol. The standard InChI is InChI=1S/C19H15ClF5NO/c20-16-11(3-1-4-12(16)19(23,24)25)6-7-15(27)18(22)9-8-14(21)17-13(18)5-2-10-26-17/h1-5,10,14H,6-9H2/t14-,18+/m0/s1. The molecule has 0 fully saturated rings. The summed E-state index contributed by atoms with van der Waals surface area (Å²) in [6, 6.07) is 6.14. The van der Waals surface area contributed by atoms with E-state index in [0.29, 0.717) is 0 Å². The number of halogens is 6. The number of hydrogen-bond acceptors (Lipinski definition) is 2. The molecule has 1 aromatic heterocycles. The van der Waals surface area contributed by atoms with Crippen LogP contribution < -0.4 is 0 Å². The Morgan fingerprint density at radius 3 is 2.70 bits per heavy atom. The van der Waals surface area contributed by atoms with Crippen LogP contribution in [0.3, 0.4) is 0 Å². The van der Waals surface area contributed by atoms with Gasteiger partial charge in [0, 0.05) is 18.2 Å². The topological polar surface area (TPSA) is 30.0 Å². The van der Waals surface area contributed by atoms with E-state index in [4.69, 9.17) is 11.6 Å². The lowest BCUT2D eigenvalue weighted by Gasteiger charge is -2.31. The summed E-state index contributed by atoms with van der Waals surface area (Å²) >= 11 is 5.81. The average molecular weight is 404 g/mol. The molecule has 2 aromatic rings. The number of alkyl halides is 5. The van der Waals surface area contributed by atoms with Gasteiger partial charge in [-0.2, -0.15) is 13.2 Å². The third-order valence-corrected chi connectivity index (χ3v) is 5.20. The molecular weight excluding hydrogens is 389 g/mol. The van der Waals surface area contributed by atoms with Crippen molar-refractivity contribution in [2.45, 2.75) is 43.7 Å². The Bertz CT molecular complexity index is 869. The van der Waals surface area contributed by atoms with Gasteiger partial charge in [-0.25, -0.2) is 8.78 Å². The van der Waals surface area contributed by atoms with E-state index in [-0.39, 0.29) is 42.5 Å². The van der Waals surface area contributed by atoms with Gasteiger partial charge >= 0.3 is 6.18 Å². The molecule has 0 spiro atoms. The zero-order chi connectivity index (χ0) is 19.8. The van der Waals surface area contributed by atoms with Gasteiger partial charge in [0.2, 0.25) is 0 Å². The molecule has 0 N–H and O–H groups in total. The van der Waals surface area contributed by atoms with Gasteiger partial charge in [-0.15, -0.1) is 0 Å². The highest BCUT2D eigenvalue weighted by atomic mass is 35.5. The van der Waals surface area contributed by atoms with Crippen LogP contribution in [0.2, 0.25) is 5.02 Å². The quantitative estimate of drug-likeness (QED) is 0.593. The van der Waals surface area contributed by atoms with Crippen LogP contribution in [0.25, 0.3) is 0 Å². The molecule has 0 radical (unpaired) electrons. The number of aryl methyl sites for hydroxylation is 1. The maximum atomic E-state index is 15.4. The number of hydrogen-bond donors (Lipinski definition) is 0. The van der Waals surface area contributed by atoms with Crippen molar-refractivity contribution < 1.29 is 26.7 Å². The normalized spacial score (nSPS) is 22.4. The molecule has 0 saturated carbocycles. The van der Waals surface area contributed by atoms with E-state index in [1.54, 1.807) is 0 Å². The van der Waals surface area contributed by atoms with Crippen molar-refractivity contribution in [2.24, 2.45) is 0 Å². The Balaban J connectivity index is 1.82. The molecule has 1 aromatic carbocycles. The van der Waals surface area contributed by atoms with Crippen LogP contribution in [0.1, 0.15) is 47.8 Å². The molecule has 3 rings (SSSR count). The minimum atomic E-state index is -4.62. The number of aromatic nitrogens is 1. The second-order valence-electron chi connectivity index (χ2n) is 6.44. The third kappa shape index (κ3) is 3.70. The SMILES string of the molecule is O=C(CCc1cccc(C(F)(F)F)c1Cl)[C@@]1(F)CC[C@H](F)c2ncccc21. The highest BCUT2D eigenvalue weighted by Gasteiger charge is 2.46. The maximum Gasteiger partial charge on any atom is 0.417 e. The highest BCUT2D eigenvalue weighted by molar-refractivity contribution is 6.32. The van der Waals surface area contributed by atoms with Crippen LogP contribution in [0.5, 0.6) is 0 Å². The largest absolute Gasteiger partial charge is 0.417 e. The molecule has 144 valence electrons. The van der Waals surface area contributed by atoms with Crippen molar-refractivity contribution in [2.75, 3.05) is 0 Å². The zero-order valence-corrected chi connectivity index (χ0v) is 14.7. The molecule has 2 nitrogen and oxygen atoms in total. The summed E-state index contributed by atoms with van der Waals surface area (Å²) < 4.78 is 68.2. The van der Waals surface area contributed by atoms with Crippen LogP contribution in [-0.4, -0.2) is 10.8 Å². The van der Waals surface area contributed by atoms with Gasteiger partial charge in [-0.05, 0) is 37.0 Å². The van der Waals surface area contributed by atoms with Crippen LogP contribution in [-0.2, 0) is 23.1 Å². The van der Waals surface area contributed by atoms with Gasteiger partial charge in [0.25, 0.3) is 0 Å². The predicted octanol–water partition coefficient (Wildman–Crippen LogP) is 5.92. The summed E-state index contributed by atoms with van der Waals surface area (Å²) in [5.74, 6) is -0.822. The molecular formula is C19H15ClF5NO. The van der Waals surface area contributed by atoms with Crippen molar-refractivity contribution in [3.8, 4) is 0 Å². The van der Waals surface area contributed by atoms with E-state index < -0.39 is 34.4 Å². The highest BCUT2D eigenvalue weighted by Crippen LogP contribution is 2.45. The molecule has 2 atom stereocenters. The maximum absolute atomic E-state index is 15.4. The number of rotatable bonds is 4. The Labute approximate surface area is 157 Å². The number of ketones is 1. The summed E-state index contributed by atoms with van der Waals surface area (Å²) in [4.78, 5) is 16.4. The Hall–Kier alpha value is -2.02. The fraction of sp³-hybridized carbons (Fsp3) is 0.368. The van der Waals surface area contributed by atoms with Crippen molar-refractivity contribution in [1.29, 1.82) is 0 Å². The van der Waals surface area contributed by atoms with Crippen molar-refractivity contribution >= 4 is 17.4 Å². The molecule has 1 aliphatic rings. The van der Waals surface area contributed by atoms with E-state index in [9.17, 15) is 22.4 Å². The van der Waals surface area contributed by atoms with E-state index in [1.807, 2.05) is 0 Å². The Morgan fingerprint density at radius 2 is 2.00 bits per heavy atom. The first-order chi connectivity index (χ1) is 12.6. The average Bonchev–Trinajstić information content (AvgIpc) is 2.63. The summed E-state index contributed by atoms with van der Waals surface area (Å²) in [6.07, 6.45) is -5.77. The third-order valence-electron chi connectivity index (χ3n) is 4.75. The number of carbonyl (C=O) groups excluding carboxylic acids is 1. The van der Waals surface area contributed by atoms with Crippen LogP contribution >= 0.6 is 11.6 Å². The van der Waals surface area contributed by atoms with E-state index in [0.717, 1.165) is 6.07 Å². The molecule has 8 heteroatoms. The van der Waals surface area contributed by atoms with Gasteiger partial charge in [0.05, 0.1) is 16.3 Å². The number of nitrogens with zero attached hydrogens (tertiary/aromatic N) is 1. The summed E-state index contributed by atoms with van der Waals surface area (Å²) in [6.45, 7) is 0. The predicted molar refractivity (Wildman–Crippen MR) is 89.9 cm³/mol. The summed E-state index contributed by atoms with van der Waals surface area (Å²) in [5, 5.41) is -0.500. The van der Waals surface area contributed by atoms with Gasteiger partial charge < -0.3 is 0 Å². The lowest BCUT2D eigenvalue weighted by molar-refractivity contribution is -0.137. The molecule has 0 aliphatic heterocycles. The van der Waals surface area contributed by atoms with E-state index in [1.165, 1.54) is 30.5 Å². The van der Waals surface area contributed by atoms with E-state index in [2.05, 4.69) is 4.98 Å². The Morgan fingerprint density at radius 1 is 1.26 bits per heavy atom. The first-order valence-electron chi connectivity index (χ1n) is 8.31. The summed E-state index contributed by atoms with van der Waals surface area (Å²) in [5.41, 5.74) is -3.51. The smallest absolute Gasteiger partial charge is 0.296 e. The number of benzene rings is 1. The van der Waals surface area contributed by atoms with Gasteiger partial charge in [0.1, 0.15) is 6.17 Å². The fourth-order valence-electron chi connectivity index (χ4n) is 3.33. The minimum absolute atomic E-state index is 0.100. The molecule has 0 saturated heterocycles. The number of pyridine rings is 1. The zero-order valence-electron chi connectivity index (χ0n) is 14.0. The summed E-state index contributed by atoms with van der Waals surface area (Å²) in [7, 11) is 0. The minimum Gasteiger partial charge on any atom is -0.296 e. The second kappa shape index (κ2) is 7.19. The number of carbonyl (C=O) groups is 1. The fourth-order valence-corrected chi connectivity index (χ4v) is 3.65. The second-order valence-corrected chi connectivity index (χ2v) is 6.82. The lowest BCUT2D eigenvalue weighted by atomic mass is 9.78. The van der Waals surface area contributed by atoms with Crippen LogP contribution in [0.4, 0.5) is 22.0 Å². The first-order valence-corrected chi connectivity index (χ1v) is 8.68. The van der Waals surface area contributed by atoms with E-state index >= 15 is 4.39 Å². The van der Waals surface area contributed by atoms with Crippen LogP contribution in [0, 0.1) is 0 Å². The van der Waals surface area contributed by atoms with Crippen molar-refractivity contribution in [3.63, 3.8) is 0 Å². The van der Waals surface area contributed by atoms with Gasteiger partial charge in [-0.1, -0.05) is 29.8 Å². The first kappa shape index (κ1) is 19.7. The van der Waals surface area contributed by atoms with Gasteiger partial charge in [-0.3, -0.25) is 9.78 Å². The Kier molecular flexibility index (Phi) is 5.25. The van der Waals surface area contributed by atoms with Crippen molar-refractivity contribution in [3.05, 3.63) is 63.9 Å². The molecule has 0 bridgehead atoms. The number of Topliss-reactive ketones (excluding diaryl/α,β-unsaturated/α-hetero) is 1. The van der Waals surface area contributed by atoms with Gasteiger partial charge in [0.15, 0.2) is 11.5 Å². The molecule has 27 heavy (non-hydrogen) atoms. The lowest BCUT2D eigenvalue weighted by Crippen LogP contribution is -2.36. The number of fused-ring (bicyclic) bond motifs is 1.